The standard InChI is InChI=1S/C12H16ClN3O3/c1-7(2)11(18)15-3-4-16-12(19)8-5-14-6-9(13)10(8)17/h5-7H,3-4H2,1-2H3,(H,14,17)(H,15,18)(H,16,19). The maximum atomic E-state index is 11.7. The van der Waals surface area contributed by atoms with E-state index in [-0.39, 0.29) is 29.0 Å². The van der Waals surface area contributed by atoms with Crippen LogP contribution in [0.5, 0.6) is 0 Å². The van der Waals surface area contributed by atoms with Gasteiger partial charge in [0, 0.05) is 31.4 Å². The second-order valence-electron chi connectivity index (χ2n) is 4.25. The molecule has 1 rings (SSSR count). The summed E-state index contributed by atoms with van der Waals surface area (Å²) in [5.74, 6) is -0.719. The number of carbonyl (C=O) groups is 2. The van der Waals surface area contributed by atoms with Gasteiger partial charge in [-0.2, -0.15) is 0 Å². The first-order valence-electron chi connectivity index (χ1n) is 5.86. The Hall–Kier alpha value is -1.82. The molecule has 0 saturated heterocycles. The maximum Gasteiger partial charge on any atom is 0.256 e. The normalized spacial score (nSPS) is 10.3. The summed E-state index contributed by atoms with van der Waals surface area (Å²) in [6.07, 6.45) is 2.60. The van der Waals surface area contributed by atoms with E-state index in [0.29, 0.717) is 6.54 Å². The lowest BCUT2D eigenvalue weighted by Crippen LogP contribution is -2.37. The summed E-state index contributed by atoms with van der Waals surface area (Å²) in [6.45, 7) is 4.10. The van der Waals surface area contributed by atoms with Crippen LogP contribution in [0, 0.1) is 5.92 Å². The molecule has 0 radical (unpaired) electrons. The quantitative estimate of drug-likeness (QED) is 0.689. The maximum absolute atomic E-state index is 11.7. The lowest BCUT2D eigenvalue weighted by Gasteiger charge is -2.08. The third-order valence-corrected chi connectivity index (χ3v) is 2.66. The molecule has 0 aliphatic heterocycles. The van der Waals surface area contributed by atoms with Crippen LogP contribution in [-0.2, 0) is 4.79 Å². The van der Waals surface area contributed by atoms with Crippen LogP contribution in [0.1, 0.15) is 24.2 Å². The van der Waals surface area contributed by atoms with E-state index in [1.807, 2.05) is 0 Å². The number of hydrogen-bond donors (Lipinski definition) is 3. The number of nitrogens with one attached hydrogen (secondary N) is 3. The van der Waals surface area contributed by atoms with E-state index < -0.39 is 11.3 Å². The number of amides is 2. The predicted octanol–water partition coefficient (Wildman–Crippen LogP) is 0.530. The zero-order valence-electron chi connectivity index (χ0n) is 10.7. The number of rotatable bonds is 5. The molecular formula is C12H16ClN3O3. The van der Waals surface area contributed by atoms with E-state index in [9.17, 15) is 14.4 Å². The lowest BCUT2D eigenvalue weighted by atomic mass is 10.2. The second-order valence-corrected chi connectivity index (χ2v) is 4.65. The van der Waals surface area contributed by atoms with Gasteiger partial charge in [-0.25, -0.2) is 0 Å². The number of aromatic amines is 1. The summed E-state index contributed by atoms with van der Waals surface area (Å²) in [5.41, 5.74) is -0.577. The van der Waals surface area contributed by atoms with Gasteiger partial charge < -0.3 is 15.6 Å². The van der Waals surface area contributed by atoms with Crippen molar-refractivity contribution in [1.29, 1.82) is 0 Å². The fourth-order valence-electron chi connectivity index (χ4n) is 1.29. The molecule has 6 nitrogen and oxygen atoms in total. The smallest absolute Gasteiger partial charge is 0.256 e. The van der Waals surface area contributed by atoms with Crippen LogP contribution >= 0.6 is 11.6 Å². The molecular weight excluding hydrogens is 270 g/mol. The van der Waals surface area contributed by atoms with E-state index in [2.05, 4.69) is 15.6 Å². The van der Waals surface area contributed by atoms with Gasteiger partial charge in [-0.3, -0.25) is 14.4 Å². The Morgan fingerprint density at radius 2 is 1.89 bits per heavy atom. The van der Waals surface area contributed by atoms with Crippen LogP contribution in [0.4, 0.5) is 0 Å². The molecule has 0 aliphatic rings. The van der Waals surface area contributed by atoms with Gasteiger partial charge in [-0.15, -0.1) is 0 Å². The molecule has 0 aliphatic carbocycles. The number of pyridine rings is 1. The summed E-state index contributed by atoms with van der Waals surface area (Å²) in [5, 5.41) is 5.14. The third-order valence-electron chi connectivity index (χ3n) is 2.38. The molecule has 7 heteroatoms. The molecule has 2 amide bonds. The minimum atomic E-state index is -0.525. The Labute approximate surface area is 115 Å². The molecule has 0 aromatic carbocycles. The van der Waals surface area contributed by atoms with Crippen LogP contribution in [0.2, 0.25) is 5.02 Å². The Bertz CT molecular complexity index is 525. The Kier molecular flexibility index (Phi) is 5.57. The fourth-order valence-corrected chi connectivity index (χ4v) is 1.45. The first-order chi connectivity index (χ1) is 8.93. The van der Waals surface area contributed by atoms with E-state index >= 15 is 0 Å². The van der Waals surface area contributed by atoms with E-state index in [1.54, 1.807) is 13.8 Å². The summed E-state index contributed by atoms with van der Waals surface area (Å²) in [6, 6.07) is 0. The van der Waals surface area contributed by atoms with Gasteiger partial charge in [0.05, 0.1) is 0 Å². The van der Waals surface area contributed by atoms with Crippen molar-refractivity contribution in [3.05, 3.63) is 33.2 Å². The number of hydrogen-bond acceptors (Lipinski definition) is 3. The summed E-state index contributed by atoms with van der Waals surface area (Å²) in [7, 11) is 0. The average Bonchev–Trinajstić information content (AvgIpc) is 2.37. The van der Waals surface area contributed by atoms with Crippen molar-refractivity contribution < 1.29 is 9.59 Å². The first kappa shape index (κ1) is 15.2. The lowest BCUT2D eigenvalue weighted by molar-refractivity contribution is -0.123. The number of carbonyl (C=O) groups excluding carboxylic acids is 2. The van der Waals surface area contributed by atoms with Gasteiger partial charge in [-0.1, -0.05) is 25.4 Å². The molecule has 0 unspecified atom stereocenters. The van der Waals surface area contributed by atoms with Gasteiger partial charge in [-0.05, 0) is 0 Å². The highest BCUT2D eigenvalue weighted by atomic mass is 35.5. The van der Waals surface area contributed by atoms with Crippen molar-refractivity contribution >= 4 is 23.4 Å². The molecule has 3 N–H and O–H groups in total. The number of H-pyrrole nitrogens is 1. The zero-order valence-corrected chi connectivity index (χ0v) is 11.5. The zero-order chi connectivity index (χ0) is 14.4. The van der Waals surface area contributed by atoms with Crippen LogP contribution in [0.3, 0.4) is 0 Å². The molecule has 0 saturated carbocycles. The SMILES string of the molecule is CC(C)C(=O)NCCNC(=O)c1c[nH]cc(Cl)c1=O. The van der Waals surface area contributed by atoms with Crippen molar-refractivity contribution in [1.82, 2.24) is 15.6 Å². The summed E-state index contributed by atoms with van der Waals surface area (Å²) in [4.78, 5) is 37.1. The van der Waals surface area contributed by atoms with Crippen molar-refractivity contribution in [2.45, 2.75) is 13.8 Å². The summed E-state index contributed by atoms with van der Waals surface area (Å²) < 4.78 is 0. The van der Waals surface area contributed by atoms with Crippen molar-refractivity contribution in [2.75, 3.05) is 13.1 Å². The Morgan fingerprint density at radius 1 is 1.26 bits per heavy atom. The number of halogens is 1. The van der Waals surface area contributed by atoms with Gasteiger partial charge in [0.1, 0.15) is 10.6 Å². The molecule has 1 heterocycles. The molecule has 104 valence electrons. The van der Waals surface area contributed by atoms with Crippen LogP contribution < -0.4 is 16.1 Å². The van der Waals surface area contributed by atoms with Crippen molar-refractivity contribution in [3.63, 3.8) is 0 Å². The van der Waals surface area contributed by atoms with Gasteiger partial charge in [0.2, 0.25) is 11.3 Å². The molecule has 0 atom stereocenters. The Morgan fingerprint density at radius 3 is 2.53 bits per heavy atom. The topological polar surface area (TPSA) is 91.1 Å². The predicted molar refractivity (Wildman–Crippen MR) is 72.3 cm³/mol. The third kappa shape index (κ3) is 4.40. The van der Waals surface area contributed by atoms with E-state index in [4.69, 9.17) is 11.6 Å². The largest absolute Gasteiger partial charge is 0.365 e. The Balaban J connectivity index is 2.46. The van der Waals surface area contributed by atoms with Crippen LogP contribution in [0.15, 0.2) is 17.2 Å². The second kappa shape index (κ2) is 6.94. The molecule has 0 spiro atoms. The highest BCUT2D eigenvalue weighted by Gasteiger charge is 2.12. The molecule has 1 aromatic heterocycles. The highest BCUT2D eigenvalue weighted by molar-refractivity contribution is 6.30. The first-order valence-corrected chi connectivity index (χ1v) is 6.23. The van der Waals surface area contributed by atoms with Crippen molar-refractivity contribution in [2.24, 2.45) is 5.92 Å². The van der Waals surface area contributed by atoms with Crippen LogP contribution in [-0.4, -0.2) is 29.9 Å². The van der Waals surface area contributed by atoms with Gasteiger partial charge in [0.15, 0.2) is 0 Å². The molecule has 1 aromatic rings. The van der Waals surface area contributed by atoms with Crippen molar-refractivity contribution in [3.8, 4) is 0 Å². The van der Waals surface area contributed by atoms with E-state index in [1.165, 1.54) is 12.4 Å². The van der Waals surface area contributed by atoms with Gasteiger partial charge in [0.25, 0.3) is 5.91 Å². The molecule has 0 fully saturated rings. The average molecular weight is 286 g/mol. The molecule has 19 heavy (non-hydrogen) atoms. The van der Waals surface area contributed by atoms with Crippen LogP contribution in [0.25, 0.3) is 0 Å². The fraction of sp³-hybridized carbons (Fsp3) is 0.417. The minimum Gasteiger partial charge on any atom is -0.365 e. The minimum absolute atomic E-state index is 0.0410. The molecule has 0 bridgehead atoms. The summed E-state index contributed by atoms with van der Waals surface area (Å²) >= 11 is 5.61. The highest BCUT2D eigenvalue weighted by Crippen LogP contribution is 1.99. The van der Waals surface area contributed by atoms with Gasteiger partial charge >= 0.3 is 0 Å². The number of aromatic nitrogens is 1. The monoisotopic (exact) mass is 285 g/mol. The van der Waals surface area contributed by atoms with E-state index in [0.717, 1.165) is 0 Å².